The van der Waals surface area contributed by atoms with E-state index in [2.05, 4.69) is 5.32 Å². The molecule has 0 atom stereocenters. The van der Waals surface area contributed by atoms with Gasteiger partial charge in [0.1, 0.15) is 0 Å². The minimum Gasteiger partial charge on any atom is -0.462 e. The molecule has 0 heterocycles. The quantitative estimate of drug-likeness (QED) is 0.695. The second-order valence-corrected chi connectivity index (χ2v) is 4.45. The zero-order chi connectivity index (χ0) is 15.9. The summed E-state index contributed by atoms with van der Waals surface area (Å²) in [6.07, 6.45) is 0. The fraction of sp³-hybridized carbons (Fsp3) is 0.118. The van der Waals surface area contributed by atoms with E-state index < -0.39 is 17.8 Å². The second-order valence-electron chi connectivity index (χ2n) is 4.45. The first-order valence-corrected chi connectivity index (χ1v) is 6.79. The molecule has 0 aliphatic heterocycles. The largest absolute Gasteiger partial charge is 0.462 e. The van der Waals surface area contributed by atoms with Gasteiger partial charge in [0.15, 0.2) is 0 Å². The van der Waals surface area contributed by atoms with Crippen LogP contribution in [0.25, 0.3) is 0 Å². The highest BCUT2D eigenvalue weighted by molar-refractivity contribution is 6.10. The Morgan fingerprint density at radius 1 is 0.818 bits per heavy atom. The van der Waals surface area contributed by atoms with E-state index in [0.717, 1.165) is 0 Å². The van der Waals surface area contributed by atoms with E-state index in [1.807, 2.05) is 0 Å². The van der Waals surface area contributed by atoms with Crippen molar-refractivity contribution in [3.05, 3.63) is 71.3 Å². The van der Waals surface area contributed by atoms with Gasteiger partial charge in [-0.2, -0.15) is 0 Å². The number of rotatable bonds is 4. The normalized spacial score (nSPS) is 9.86. The van der Waals surface area contributed by atoms with Crippen LogP contribution >= 0.6 is 0 Å². The van der Waals surface area contributed by atoms with Crippen molar-refractivity contribution in [3.8, 4) is 0 Å². The molecule has 2 aromatic rings. The molecule has 0 aromatic heterocycles. The van der Waals surface area contributed by atoms with E-state index in [1.165, 1.54) is 24.3 Å². The molecular weight excluding hydrogens is 282 g/mol. The molecule has 0 spiro atoms. The number of benzene rings is 2. The summed E-state index contributed by atoms with van der Waals surface area (Å²) in [5, 5.41) is 2.29. The van der Waals surface area contributed by atoms with Gasteiger partial charge in [0.25, 0.3) is 11.8 Å². The van der Waals surface area contributed by atoms with E-state index in [9.17, 15) is 14.4 Å². The van der Waals surface area contributed by atoms with Crippen molar-refractivity contribution in [1.29, 1.82) is 0 Å². The zero-order valence-corrected chi connectivity index (χ0v) is 12.0. The van der Waals surface area contributed by atoms with Crippen LogP contribution < -0.4 is 5.32 Å². The minimum atomic E-state index is -0.524. The second kappa shape index (κ2) is 7.17. The molecule has 0 radical (unpaired) electrons. The first-order chi connectivity index (χ1) is 10.6. The molecule has 0 aliphatic rings. The van der Waals surface area contributed by atoms with Crippen molar-refractivity contribution in [2.24, 2.45) is 0 Å². The average Bonchev–Trinajstić information content (AvgIpc) is 2.56. The summed E-state index contributed by atoms with van der Waals surface area (Å²) in [5.41, 5.74) is 1.05. The Morgan fingerprint density at radius 3 is 1.86 bits per heavy atom. The minimum absolute atomic E-state index is 0.284. The van der Waals surface area contributed by atoms with Gasteiger partial charge in [-0.15, -0.1) is 0 Å². The van der Waals surface area contributed by atoms with Gasteiger partial charge < -0.3 is 4.74 Å². The summed E-state index contributed by atoms with van der Waals surface area (Å²) in [7, 11) is 0. The molecule has 0 fully saturated rings. The zero-order valence-electron chi connectivity index (χ0n) is 12.0. The number of hydrogen-bond donors (Lipinski definition) is 1. The SMILES string of the molecule is CCOC(=O)c1ccc(C(=O)NC(=O)c2ccccc2)cc1. The van der Waals surface area contributed by atoms with Crippen LogP contribution in [0.2, 0.25) is 0 Å². The maximum atomic E-state index is 12.0. The highest BCUT2D eigenvalue weighted by Gasteiger charge is 2.13. The van der Waals surface area contributed by atoms with Gasteiger partial charge in [0, 0.05) is 11.1 Å². The lowest BCUT2D eigenvalue weighted by atomic mass is 10.1. The van der Waals surface area contributed by atoms with Gasteiger partial charge in [-0.3, -0.25) is 14.9 Å². The van der Waals surface area contributed by atoms with Crippen molar-refractivity contribution in [3.63, 3.8) is 0 Å². The number of nitrogens with one attached hydrogen (secondary N) is 1. The molecule has 0 unspecified atom stereocenters. The highest BCUT2D eigenvalue weighted by Crippen LogP contribution is 2.07. The number of ether oxygens (including phenoxy) is 1. The number of imide groups is 1. The van der Waals surface area contributed by atoms with Crippen LogP contribution in [-0.4, -0.2) is 24.4 Å². The lowest BCUT2D eigenvalue weighted by molar-refractivity contribution is 0.0525. The van der Waals surface area contributed by atoms with Crippen molar-refractivity contribution >= 4 is 17.8 Å². The van der Waals surface area contributed by atoms with Crippen LogP contribution in [0.5, 0.6) is 0 Å². The molecule has 5 heteroatoms. The Morgan fingerprint density at radius 2 is 1.32 bits per heavy atom. The molecule has 2 aromatic carbocycles. The molecule has 22 heavy (non-hydrogen) atoms. The molecular formula is C17H15NO4. The number of carbonyl (C=O) groups excluding carboxylic acids is 3. The Hall–Kier alpha value is -2.95. The Balaban J connectivity index is 2.04. The number of hydrogen-bond acceptors (Lipinski definition) is 4. The third kappa shape index (κ3) is 3.79. The molecule has 0 aliphatic carbocycles. The Labute approximate surface area is 127 Å². The van der Waals surface area contributed by atoms with Gasteiger partial charge >= 0.3 is 5.97 Å². The van der Waals surface area contributed by atoms with Crippen LogP contribution in [0.15, 0.2) is 54.6 Å². The molecule has 0 saturated carbocycles. The van der Waals surface area contributed by atoms with E-state index in [-0.39, 0.29) is 12.2 Å². The standard InChI is InChI=1S/C17H15NO4/c1-2-22-17(21)14-10-8-13(9-11-14)16(20)18-15(19)12-6-4-3-5-7-12/h3-11H,2H2,1H3,(H,18,19,20). The van der Waals surface area contributed by atoms with Crippen LogP contribution in [0.1, 0.15) is 38.0 Å². The van der Waals surface area contributed by atoms with Gasteiger partial charge in [-0.25, -0.2) is 4.79 Å². The lowest BCUT2D eigenvalue weighted by Gasteiger charge is -2.05. The monoisotopic (exact) mass is 297 g/mol. The van der Waals surface area contributed by atoms with E-state index in [4.69, 9.17) is 4.74 Å². The summed E-state index contributed by atoms with van der Waals surface area (Å²) >= 11 is 0. The van der Waals surface area contributed by atoms with Crippen LogP contribution in [0.4, 0.5) is 0 Å². The van der Waals surface area contributed by atoms with Crippen LogP contribution in [-0.2, 0) is 4.74 Å². The fourth-order valence-corrected chi connectivity index (χ4v) is 1.81. The van der Waals surface area contributed by atoms with Crippen molar-refractivity contribution in [1.82, 2.24) is 5.32 Å². The molecule has 1 N–H and O–H groups in total. The lowest BCUT2D eigenvalue weighted by Crippen LogP contribution is -2.30. The van der Waals surface area contributed by atoms with Gasteiger partial charge in [-0.1, -0.05) is 18.2 Å². The van der Waals surface area contributed by atoms with Crippen LogP contribution in [0, 0.1) is 0 Å². The topological polar surface area (TPSA) is 72.5 Å². The number of amides is 2. The van der Waals surface area contributed by atoms with Crippen LogP contribution in [0.3, 0.4) is 0 Å². The molecule has 2 amide bonds. The first kappa shape index (κ1) is 15.4. The number of esters is 1. The predicted molar refractivity (Wildman–Crippen MR) is 80.6 cm³/mol. The fourth-order valence-electron chi connectivity index (χ4n) is 1.81. The smallest absolute Gasteiger partial charge is 0.338 e. The summed E-state index contributed by atoms with van der Waals surface area (Å²) in [6, 6.07) is 14.4. The predicted octanol–water partition coefficient (Wildman–Crippen LogP) is 2.43. The average molecular weight is 297 g/mol. The van der Waals surface area contributed by atoms with E-state index in [0.29, 0.717) is 11.1 Å². The van der Waals surface area contributed by atoms with Gasteiger partial charge in [-0.05, 0) is 43.3 Å². The molecule has 5 nitrogen and oxygen atoms in total. The summed E-state index contributed by atoms with van der Waals surface area (Å²) in [5.74, 6) is -1.45. The van der Waals surface area contributed by atoms with Crippen molar-refractivity contribution in [2.75, 3.05) is 6.61 Å². The highest BCUT2D eigenvalue weighted by atomic mass is 16.5. The third-order valence-electron chi connectivity index (χ3n) is 2.92. The van der Waals surface area contributed by atoms with Crippen molar-refractivity contribution < 1.29 is 19.1 Å². The third-order valence-corrected chi connectivity index (χ3v) is 2.92. The molecule has 2 rings (SSSR count). The van der Waals surface area contributed by atoms with E-state index >= 15 is 0 Å². The van der Waals surface area contributed by atoms with Gasteiger partial charge in [0.05, 0.1) is 12.2 Å². The Bertz CT molecular complexity index is 678. The molecule has 0 saturated heterocycles. The maximum Gasteiger partial charge on any atom is 0.338 e. The molecule has 0 bridgehead atoms. The van der Waals surface area contributed by atoms with E-state index in [1.54, 1.807) is 37.3 Å². The number of carbonyl (C=O) groups is 3. The van der Waals surface area contributed by atoms with Gasteiger partial charge in [0.2, 0.25) is 0 Å². The first-order valence-electron chi connectivity index (χ1n) is 6.79. The summed E-state index contributed by atoms with van der Waals surface area (Å²) in [4.78, 5) is 35.4. The van der Waals surface area contributed by atoms with Crippen molar-refractivity contribution in [2.45, 2.75) is 6.92 Å². The Kier molecular flexibility index (Phi) is 5.03. The summed E-state index contributed by atoms with van der Waals surface area (Å²) in [6.45, 7) is 2.00. The molecule has 112 valence electrons. The summed E-state index contributed by atoms with van der Waals surface area (Å²) < 4.78 is 4.86. The maximum absolute atomic E-state index is 12.0.